The minimum atomic E-state index is -4.53. The summed E-state index contributed by atoms with van der Waals surface area (Å²) >= 11 is 5.87. The van der Waals surface area contributed by atoms with E-state index in [-0.39, 0.29) is 35.1 Å². The van der Waals surface area contributed by atoms with Crippen molar-refractivity contribution in [3.8, 4) is 22.5 Å². The van der Waals surface area contributed by atoms with Gasteiger partial charge in [0, 0.05) is 34.9 Å². The van der Waals surface area contributed by atoms with Crippen molar-refractivity contribution in [1.82, 2.24) is 9.88 Å². The third-order valence-electron chi connectivity index (χ3n) is 6.62. The van der Waals surface area contributed by atoms with E-state index in [1.807, 2.05) is 0 Å². The maximum atomic E-state index is 13.1. The molecule has 0 aliphatic heterocycles. The van der Waals surface area contributed by atoms with Crippen molar-refractivity contribution in [3.05, 3.63) is 119 Å². The van der Waals surface area contributed by atoms with Crippen molar-refractivity contribution in [2.24, 2.45) is 0 Å². The first-order valence-corrected chi connectivity index (χ1v) is 14.8. The number of allylic oxidation sites excluding steroid dienone is 1. The Morgan fingerprint density at radius 1 is 0.791 bits per heavy atom. The summed E-state index contributed by atoms with van der Waals surface area (Å²) in [7, 11) is -3.67. The third-order valence-corrected chi connectivity index (χ3v) is 8.58. The highest BCUT2D eigenvalue weighted by Gasteiger charge is 2.31. The number of pyridine rings is 1. The van der Waals surface area contributed by atoms with Gasteiger partial charge in [-0.2, -0.15) is 26.3 Å². The van der Waals surface area contributed by atoms with E-state index in [9.17, 15) is 34.8 Å². The van der Waals surface area contributed by atoms with E-state index < -0.39 is 33.3 Å². The molecular weight excluding hydrogens is 614 g/mol. The molecule has 0 unspecified atom stereocenters. The summed E-state index contributed by atoms with van der Waals surface area (Å²) in [6.07, 6.45) is -9.07. The van der Waals surface area contributed by atoms with Crippen LogP contribution < -0.4 is 0 Å². The second kappa shape index (κ2) is 12.4. The zero-order chi connectivity index (χ0) is 31.6. The molecule has 0 aliphatic rings. The molecule has 226 valence electrons. The minimum absolute atomic E-state index is 0.0633. The molecule has 0 atom stereocenters. The van der Waals surface area contributed by atoms with E-state index in [1.54, 1.807) is 24.0 Å². The van der Waals surface area contributed by atoms with Crippen LogP contribution in [-0.2, 0) is 28.7 Å². The van der Waals surface area contributed by atoms with Crippen molar-refractivity contribution in [2.75, 3.05) is 12.3 Å². The van der Waals surface area contributed by atoms with Crippen molar-refractivity contribution >= 4 is 21.4 Å². The maximum absolute atomic E-state index is 13.1. The van der Waals surface area contributed by atoms with Gasteiger partial charge in [0.25, 0.3) is 0 Å². The Bertz CT molecular complexity index is 1630. The molecule has 3 aromatic carbocycles. The number of benzene rings is 3. The lowest BCUT2D eigenvalue weighted by Gasteiger charge is -2.25. The second-order valence-electron chi connectivity index (χ2n) is 9.83. The lowest BCUT2D eigenvalue weighted by Crippen LogP contribution is -2.27. The Labute approximate surface area is 250 Å². The largest absolute Gasteiger partial charge is 0.416 e. The highest BCUT2D eigenvalue weighted by atomic mass is 35.5. The predicted octanol–water partition coefficient (Wildman–Crippen LogP) is 8.92. The van der Waals surface area contributed by atoms with Crippen molar-refractivity contribution in [1.29, 1.82) is 0 Å². The van der Waals surface area contributed by atoms with E-state index in [1.165, 1.54) is 48.5 Å². The van der Waals surface area contributed by atoms with Crippen molar-refractivity contribution < 1.29 is 34.8 Å². The third kappa shape index (κ3) is 8.17. The molecule has 1 heterocycles. The fourth-order valence-electron chi connectivity index (χ4n) is 4.25. The number of aromatic nitrogens is 1. The molecule has 0 amide bonds. The van der Waals surface area contributed by atoms with E-state index in [4.69, 9.17) is 11.6 Å². The summed E-state index contributed by atoms with van der Waals surface area (Å²) in [5.74, 6) is -0.246. The summed E-state index contributed by atoms with van der Waals surface area (Å²) in [5, 5.41) is 0.396. The van der Waals surface area contributed by atoms with Crippen LogP contribution in [0, 0.1) is 0 Å². The van der Waals surface area contributed by atoms with Gasteiger partial charge >= 0.3 is 12.4 Å². The number of rotatable bonds is 9. The summed E-state index contributed by atoms with van der Waals surface area (Å²) in [4.78, 5) is 6.36. The van der Waals surface area contributed by atoms with Crippen LogP contribution in [0.2, 0.25) is 5.02 Å². The molecule has 0 radical (unpaired) electrons. The van der Waals surface area contributed by atoms with Crippen LogP contribution >= 0.6 is 11.6 Å². The average Bonchev–Trinajstić information content (AvgIpc) is 2.94. The van der Waals surface area contributed by atoms with Crippen LogP contribution in [0.4, 0.5) is 26.3 Å². The molecule has 0 N–H and O–H groups in total. The Kier molecular flexibility index (Phi) is 9.27. The molecule has 12 heteroatoms. The molecule has 0 saturated heterocycles. The van der Waals surface area contributed by atoms with Crippen LogP contribution in [0.1, 0.15) is 23.6 Å². The first-order valence-electron chi connectivity index (χ1n) is 12.8. The number of sulfone groups is 1. The maximum Gasteiger partial charge on any atom is 0.416 e. The minimum Gasteiger partial charge on any atom is -0.370 e. The SMILES string of the molecule is C=C(C)N(CCS(=O)(=O)c1ccc(Cl)cc1)Cc1cc(-c2ccc(C(F)(F)F)cc2)nc(-c2ccc(C(F)(F)F)cc2)c1. The van der Waals surface area contributed by atoms with Crippen LogP contribution in [0.25, 0.3) is 22.5 Å². The Hall–Kier alpha value is -3.83. The standard InChI is InChI=1S/C31H25ClF6N2O2S/c1-20(2)40(15-16-43(41,42)27-13-11-26(32)12-14-27)19-21-17-28(22-3-7-24(8-4-22)30(33,34)35)39-29(18-21)23-5-9-25(10-6-23)31(36,37)38/h3-14,17-18H,1,15-16,19H2,2H3. The zero-order valence-corrected chi connectivity index (χ0v) is 24.2. The van der Waals surface area contributed by atoms with Gasteiger partial charge in [0.2, 0.25) is 0 Å². The lowest BCUT2D eigenvalue weighted by molar-refractivity contribution is -0.138. The summed E-state index contributed by atoms with van der Waals surface area (Å²) < 4.78 is 105. The molecule has 4 nitrogen and oxygen atoms in total. The molecule has 0 fully saturated rings. The van der Waals surface area contributed by atoms with Gasteiger partial charge in [0.05, 0.1) is 33.2 Å². The fourth-order valence-corrected chi connectivity index (χ4v) is 5.62. The molecule has 0 saturated carbocycles. The molecule has 0 bridgehead atoms. The second-order valence-corrected chi connectivity index (χ2v) is 12.4. The summed E-state index contributed by atoms with van der Waals surface area (Å²) in [6, 6.07) is 17.8. The number of nitrogens with zero attached hydrogens (tertiary/aromatic N) is 2. The van der Waals surface area contributed by atoms with E-state index in [0.29, 0.717) is 27.4 Å². The van der Waals surface area contributed by atoms with Gasteiger partial charge in [-0.05, 0) is 73.2 Å². The highest BCUT2D eigenvalue weighted by molar-refractivity contribution is 7.91. The smallest absolute Gasteiger partial charge is 0.370 e. The lowest BCUT2D eigenvalue weighted by atomic mass is 10.0. The normalized spacial score (nSPS) is 12.3. The Morgan fingerprint density at radius 3 is 1.63 bits per heavy atom. The van der Waals surface area contributed by atoms with Gasteiger partial charge in [0.15, 0.2) is 9.84 Å². The van der Waals surface area contributed by atoms with Gasteiger partial charge in [-0.25, -0.2) is 13.4 Å². The quantitative estimate of drug-likeness (QED) is 0.172. The highest BCUT2D eigenvalue weighted by Crippen LogP contribution is 2.33. The number of hydrogen-bond donors (Lipinski definition) is 0. The molecule has 0 spiro atoms. The van der Waals surface area contributed by atoms with Crippen LogP contribution in [0.15, 0.2) is 102 Å². The van der Waals surface area contributed by atoms with Crippen LogP contribution in [0.3, 0.4) is 0 Å². The molecular formula is C31H25ClF6N2O2S. The average molecular weight is 639 g/mol. The van der Waals surface area contributed by atoms with Crippen LogP contribution in [0.5, 0.6) is 0 Å². The predicted molar refractivity (Wildman–Crippen MR) is 154 cm³/mol. The molecule has 4 rings (SSSR count). The fraction of sp³-hybridized carbons (Fsp3) is 0.194. The van der Waals surface area contributed by atoms with Crippen molar-refractivity contribution in [2.45, 2.75) is 30.7 Å². The van der Waals surface area contributed by atoms with E-state index in [2.05, 4.69) is 11.6 Å². The van der Waals surface area contributed by atoms with Gasteiger partial charge < -0.3 is 4.90 Å². The van der Waals surface area contributed by atoms with E-state index in [0.717, 1.165) is 24.3 Å². The number of halogens is 7. The molecule has 0 aliphatic carbocycles. The van der Waals surface area contributed by atoms with E-state index >= 15 is 0 Å². The van der Waals surface area contributed by atoms with Gasteiger partial charge in [-0.15, -0.1) is 0 Å². The molecule has 4 aromatic rings. The topological polar surface area (TPSA) is 50.3 Å². The monoisotopic (exact) mass is 638 g/mol. The van der Waals surface area contributed by atoms with Gasteiger partial charge in [0.1, 0.15) is 0 Å². The summed E-state index contributed by atoms with van der Waals surface area (Å²) in [5.41, 5.74) is 0.747. The Balaban J connectivity index is 1.69. The zero-order valence-electron chi connectivity index (χ0n) is 22.7. The number of hydrogen-bond acceptors (Lipinski definition) is 4. The first kappa shape index (κ1) is 32.1. The molecule has 43 heavy (non-hydrogen) atoms. The summed E-state index contributed by atoms with van der Waals surface area (Å²) in [6.45, 7) is 5.86. The van der Waals surface area contributed by atoms with Crippen LogP contribution in [-0.4, -0.2) is 30.6 Å². The van der Waals surface area contributed by atoms with Gasteiger partial charge in [-0.1, -0.05) is 42.4 Å². The van der Waals surface area contributed by atoms with Crippen molar-refractivity contribution in [3.63, 3.8) is 0 Å². The first-order chi connectivity index (χ1) is 20.0. The molecule has 1 aromatic heterocycles. The van der Waals surface area contributed by atoms with Gasteiger partial charge in [-0.3, -0.25) is 0 Å². The number of alkyl halides is 6. The Morgan fingerprint density at radius 2 is 1.23 bits per heavy atom.